The molecular weight excluding hydrogens is 435 g/mol. The molecule has 4 heteroatoms. The second-order valence-corrected chi connectivity index (χ2v) is 7.53. The zero-order chi connectivity index (χ0) is 23.0. The van der Waals surface area contributed by atoms with E-state index in [0.29, 0.717) is 0 Å². The van der Waals surface area contributed by atoms with Crippen molar-refractivity contribution < 1.29 is 15.3 Å². The monoisotopic (exact) mass is 456 g/mol. The minimum Gasteiger partial charge on any atom is -0.872 e. The van der Waals surface area contributed by atoms with Gasteiger partial charge in [-0.2, -0.15) is 0 Å². The SMILES string of the molecule is [Al+3].[O-]c1ccc2ccccc2c1.[O-]c1ccc2ccccc2c1.[O-]c1ccc2ccccc2c1. The molecule has 0 saturated heterocycles. The van der Waals surface area contributed by atoms with Crippen LogP contribution in [0.15, 0.2) is 127 Å². The van der Waals surface area contributed by atoms with Gasteiger partial charge in [-0.25, -0.2) is 0 Å². The third-order valence-electron chi connectivity index (χ3n) is 5.16. The van der Waals surface area contributed by atoms with Crippen molar-refractivity contribution in [2.75, 3.05) is 0 Å². The van der Waals surface area contributed by atoms with Gasteiger partial charge in [0.1, 0.15) is 0 Å². The van der Waals surface area contributed by atoms with Crippen LogP contribution in [0.1, 0.15) is 0 Å². The number of hydrogen-bond donors (Lipinski definition) is 0. The minimum atomic E-state index is 0. The Kier molecular flexibility index (Phi) is 8.54. The number of hydrogen-bond acceptors (Lipinski definition) is 3. The molecule has 0 spiro atoms. The molecule has 0 aliphatic rings. The molecule has 0 amide bonds. The summed E-state index contributed by atoms with van der Waals surface area (Å²) >= 11 is 0. The standard InChI is InChI=1S/3C10H8O.Al/c3*11-10-6-5-8-3-1-2-4-9(8)7-10;/h3*1-7,11H;/q;;;+3/p-3. The van der Waals surface area contributed by atoms with E-state index < -0.39 is 0 Å². The van der Waals surface area contributed by atoms with Crippen LogP contribution in [0.2, 0.25) is 0 Å². The van der Waals surface area contributed by atoms with Crippen LogP contribution in [0.4, 0.5) is 0 Å². The van der Waals surface area contributed by atoms with Gasteiger partial charge in [-0.15, -0.1) is 17.2 Å². The third kappa shape index (κ3) is 6.52. The van der Waals surface area contributed by atoms with E-state index in [-0.39, 0.29) is 34.6 Å². The van der Waals surface area contributed by atoms with Gasteiger partial charge >= 0.3 is 17.4 Å². The average molecular weight is 456 g/mol. The Bertz CT molecular complexity index is 1330. The summed E-state index contributed by atoms with van der Waals surface area (Å²) in [5.74, 6) is 0.219. The Balaban J connectivity index is 0.000000141. The Hall–Kier alpha value is -3.97. The first-order valence-corrected chi connectivity index (χ1v) is 10.6. The maximum atomic E-state index is 10.9. The van der Waals surface area contributed by atoms with E-state index in [1.54, 1.807) is 36.4 Å². The topological polar surface area (TPSA) is 69.2 Å². The maximum absolute atomic E-state index is 10.9. The first kappa shape index (κ1) is 24.7. The van der Waals surface area contributed by atoms with Gasteiger partial charge in [0.2, 0.25) is 0 Å². The second kappa shape index (κ2) is 11.8. The summed E-state index contributed by atoms with van der Waals surface area (Å²) in [5, 5.41) is 39.0. The van der Waals surface area contributed by atoms with Crippen LogP contribution in [-0.4, -0.2) is 17.4 Å². The van der Waals surface area contributed by atoms with Gasteiger partial charge in [-0.05, 0) is 32.3 Å². The molecule has 0 aromatic heterocycles. The number of benzene rings is 6. The normalized spacial score (nSPS) is 9.88. The van der Waals surface area contributed by atoms with E-state index in [9.17, 15) is 15.3 Å². The zero-order valence-corrected chi connectivity index (χ0v) is 19.6. The van der Waals surface area contributed by atoms with Crippen LogP contribution in [0.25, 0.3) is 32.3 Å². The number of rotatable bonds is 0. The molecule has 6 aromatic carbocycles. The summed E-state index contributed by atoms with van der Waals surface area (Å²) in [5.41, 5.74) is 0. The largest absolute Gasteiger partial charge is 3.00 e. The summed E-state index contributed by atoms with van der Waals surface area (Å²) in [7, 11) is 0. The van der Waals surface area contributed by atoms with Crippen molar-refractivity contribution in [2.45, 2.75) is 0 Å². The Labute approximate surface area is 209 Å². The van der Waals surface area contributed by atoms with Crippen molar-refractivity contribution >= 4 is 49.7 Å². The predicted octanol–water partition coefficient (Wildman–Crippen LogP) is 5.36. The molecule has 0 radical (unpaired) electrons. The molecule has 0 unspecified atom stereocenters. The van der Waals surface area contributed by atoms with Gasteiger partial charge in [0.05, 0.1) is 0 Å². The van der Waals surface area contributed by atoms with Gasteiger partial charge in [0.25, 0.3) is 0 Å². The van der Waals surface area contributed by atoms with Crippen molar-refractivity contribution in [1.29, 1.82) is 0 Å². The summed E-state index contributed by atoms with van der Waals surface area (Å²) in [4.78, 5) is 0. The van der Waals surface area contributed by atoms with Crippen molar-refractivity contribution in [2.24, 2.45) is 0 Å². The summed E-state index contributed by atoms with van der Waals surface area (Å²) in [6.07, 6.45) is 0. The van der Waals surface area contributed by atoms with Crippen LogP contribution in [0.3, 0.4) is 0 Å². The van der Waals surface area contributed by atoms with Crippen LogP contribution in [0, 0.1) is 0 Å². The average Bonchev–Trinajstić information content (AvgIpc) is 2.84. The Morgan fingerprint density at radius 1 is 0.294 bits per heavy atom. The van der Waals surface area contributed by atoms with Crippen LogP contribution >= 0.6 is 0 Å². The molecule has 0 N–H and O–H groups in total. The van der Waals surface area contributed by atoms with Crippen LogP contribution in [-0.2, 0) is 0 Å². The van der Waals surface area contributed by atoms with Crippen LogP contribution in [0.5, 0.6) is 17.2 Å². The van der Waals surface area contributed by atoms with E-state index in [2.05, 4.69) is 0 Å². The van der Waals surface area contributed by atoms with Gasteiger partial charge in [0, 0.05) is 0 Å². The molecule has 0 heterocycles. The number of fused-ring (bicyclic) bond motifs is 3. The molecule has 6 aromatic rings. The fraction of sp³-hybridized carbons (Fsp3) is 0. The van der Waals surface area contributed by atoms with E-state index in [1.807, 2.05) is 91.0 Å². The quantitative estimate of drug-likeness (QED) is 0.289. The van der Waals surface area contributed by atoms with Crippen molar-refractivity contribution in [3.8, 4) is 17.2 Å². The molecule has 34 heavy (non-hydrogen) atoms. The summed E-state index contributed by atoms with van der Waals surface area (Å²) in [6, 6.07) is 38.7. The first-order valence-electron chi connectivity index (χ1n) is 10.6. The molecule has 162 valence electrons. The zero-order valence-electron chi connectivity index (χ0n) is 18.4. The predicted molar refractivity (Wildman–Crippen MR) is 136 cm³/mol. The first-order chi connectivity index (χ1) is 16.1. The summed E-state index contributed by atoms with van der Waals surface area (Å²) < 4.78 is 0. The molecule has 0 saturated carbocycles. The van der Waals surface area contributed by atoms with E-state index >= 15 is 0 Å². The molecular formula is C30H21AlO3. The Morgan fingerprint density at radius 2 is 0.529 bits per heavy atom. The maximum Gasteiger partial charge on any atom is 3.00 e. The van der Waals surface area contributed by atoms with E-state index in [0.717, 1.165) is 32.3 Å². The minimum absolute atomic E-state index is 0. The molecule has 0 bridgehead atoms. The van der Waals surface area contributed by atoms with Gasteiger partial charge < -0.3 is 15.3 Å². The molecule has 0 aliphatic carbocycles. The Morgan fingerprint density at radius 3 is 0.794 bits per heavy atom. The molecule has 0 fully saturated rings. The molecule has 3 nitrogen and oxygen atoms in total. The van der Waals surface area contributed by atoms with E-state index in [4.69, 9.17) is 0 Å². The molecule has 6 rings (SSSR count). The van der Waals surface area contributed by atoms with Gasteiger partial charge in [-0.1, -0.05) is 127 Å². The molecule has 0 atom stereocenters. The van der Waals surface area contributed by atoms with E-state index in [1.165, 1.54) is 0 Å². The fourth-order valence-corrected chi connectivity index (χ4v) is 3.50. The van der Waals surface area contributed by atoms with Crippen molar-refractivity contribution in [3.05, 3.63) is 127 Å². The van der Waals surface area contributed by atoms with Crippen LogP contribution < -0.4 is 15.3 Å². The second-order valence-electron chi connectivity index (χ2n) is 7.53. The van der Waals surface area contributed by atoms with Crippen molar-refractivity contribution in [1.82, 2.24) is 0 Å². The smallest absolute Gasteiger partial charge is 0.872 e. The molecule has 0 aliphatic heterocycles. The summed E-state index contributed by atoms with van der Waals surface area (Å²) in [6.45, 7) is 0. The fourth-order valence-electron chi connectivity index (χ4n) is 3.50. The van der Waals surface area contributed by atoms with Gasteiger partial charge in [0.15, 0.2) is 0 Å². The van der Waals surface area contributed by atoms with Gasteiger partial charge in [-0.3, -0.25) is 0 Å². The third-order valence-corrected chi connectivity index (χ3v) is 5.16. The van der Waals surface area contributed by atoms with Crippen molar-refractivity contribution in [3.63, 3.8) is 0 Å².